The van der Waals surface area contributed by atoms with Gasteiger partial charge >= 0.3 is 0 Å². The highest BCUT2D eigenvalue weighted by Gasteiger charge is 2.38. The molecule has 0 unspecified atom stereocenters. The monoisotopic (exact) mass is 184 g/mol. The maximum absolute atomic E-state index is 11.7. The predicted molar refractivity (Wildman–Crippen MR) is 52.6 cm³/mol. The van der Waals surface area contributed by atoms with Gasteiger partial charge in [0.2, 0.25) is 0 Å². The summed E-state index contributed by atoms with van der Waals surface area (Å²) in [6.07, 6.45) is 2.36. The lowest BCUT2D eigenvalue weighted by Gasteiger charge is -2.20. The summed E-state index contributed by atoms with van der Waals surface area (Å²) >= 11 is 0. The van der Waals surface area contributed by atoms with E-state index in [1.54, 1.807) is 0 Å². The van der Waals surface area contributed by atoms with Gasteiger partial charge in [-0.15, -0.1) is 0 Å². The predicted octanol–water partition coefficient (Wildman–Crippen LogP) is 2.42. The largest absolute Gasteiger partial charge is 0.367 e. The zero-order chi connectivity index (χ0) is 10.0. The van der Waals surface area contributed by atoms with Gasteiger partial charge in [-0.1, -0.05) is 13.8 Å². The van der Waals surface area contributed by atoms with Crippen LogP contribution in [0.4, 0.5) is 0 Å². The average Bonchev–Trinajstić information content (AvgIpc) is 2.80. The highest BCUT2D eigenvalue weighted by Crippen LogP contribution is 2.36. The van der Waals surface area contributed by atoms with Crippen molar-refractivity contribution in [1.29, 1.82) is 0 Å². The number of ketones is 1. The van der Waals surface area contributed by atoms with Crippen LogP contribution >= 0.6 is 0 Å². The standard InChI is InChI=1S/C11H20O2/c1-7(2)10(12)11(9-5-6-9)13-8(3)4/h7-9,11H,5-6H2,1-4H3/t11-/m1/s1. The third-order valence-corrected chi connectivity index (χ3v) is 2.32. The summed E-state index contributed by atoms with van der Waals surface area (Å²) < 4.78 is 5.65. The van der Waals surface area contributed by atoms with E-state index in [1.165, 1.54) is 0 Å². The van der Waals surface area contributed by atoms with Crippen molar-refractivity contribution in [3.05, 3.63) is 0 Å². The number of Topliss-reactive ketones (excluding diaryl/α,β-unsaturated/α-hetero) is 1. The van der Waals surface area contributed by atoms with E-state index in [1.807, 2.05) is 27.7 Å². The number of ether oxygens (including phenoxy) is 1. The molecule has 2 nitrogen and oxygen atoms in total. The lowest BCUT2D eigenvalue weighted by molar-refractivity contribution is -0.138. The minimum Gasteiger partial charge on any atom is -0.367 e. The van der Waals surface area contributed by atoms with Crippen molar-refractivity contribution in [3.63, 3.8) is 0 Å². The fourth-order valence-electron chi connectivity index (χ4n) is 1.43. The molecular weight excluding hydrogens is 164 g/mol. The average molecular weight is 184 g/mol. The van der Waals surface area contributed by atoms with Crippen LogP contribution in [0.1, 0.15) is 40.5 Å². The molecule has 0 N–H and O–H groups in total. The van der Waals surface area contributed by atoms with Gasteiger partial charge in [0.05, 0.1) is 6.10 Å². The summed E-state index contributed by atoms with van der Waals surface area (Å²) in [6, 6.07) is 0. The fraction of sp³-hybridized carbons (Fsp3) is 0.909. The molecule has 13 heavy (non-hydrogen) atoms. The Balaban J connectivity index is 2.51. The SMILES string of the molecule is CC(C)O[C@@H](C(=O)C(C)C)C1CC1. The van der Waals surface area contributed by atoms with Gasteiger partial charge in [-0.05, 0) is 32.6 Å². The van der Waals surface area contributed by atoms with Gasteiger partial charge in [-0.3, -0.25) is 4.79 Å². The molecule has 1 aliphatic rings. The van der Waals surface area contributed by atoms with Crippen LogP contribution in [-0.2, 0) is 9.53 Å². The molecule has 0 spiro atoms. The highest BCUT2D eigenvalue weighted by molar-refractivity contribution is 5.85. The molecule has 1 fully saturated rings. The highest BCUT2D eigenvalue weighted by atomic mass is 16.5. The summed E-state index contributed by atoms with van der Waals surface area (Å²) in [5.41, 5.74) is 0. The molecule has 0 aliphatic heterocycles. The van der Waals surface area contributed by atoms with Crippen LogP contribution in [-0.4, -0.2) is 18.0 Å². The molecule has 0 aromatic rings. The van der Waals surface area contributed by atoms with Crippen LogP contribution in [0.5, 0.6) is 0 Å². The van der Waals surface area contributed by atoms with Crippen molar-refractivity contribution in [2.45, 2.75) is 52.7 Å². The smallest absolute Gasteiger partial charge is 0.164 e. The molecule has 0 aromatic heterocycles. The molecule has 0 bridgehead atoms. The number of hydrogen-bond donors (Lipinski definition) is 0. The molecule has 1 rings (SSSR count). The number of hydrogen-bond acceptors (Lipinski definition) is 2. The Morgan fingerprint density at radius 3 is 2.08 bits per heavy atom. The van der Waals surface area contributed by atoms with E-state index in [0.717, 1.165) is 12.8 Å². The normalized spacial score (nSPS) is 19.5. The Kier molecular flexibility index (Phi) is 3.48. The first-order chi connectivity index (χ1) is 6.02. The van der Waals surface area contributed by atoms with Gasteiger partial charge in [0, 0.05) is 5.92 Å². The quantitative estimate of drug-likeness (QED) is 0.656. The van der Waals surface area contributed by atoms with Crippen LogP contribution in [0.15, 0.2) is 0 Å². The molecule has 0 aromatic carbocycles. The first kappa shape index (κ1) is 10.7. The van der Waals surface area contributed by atoms with E-state index in [2.05, 4.69) is 0 Å². The summed E-state index contributed by atoms with van der Waals surface area (Å²) in [4.78, 5) is 11.7. The van der Waals surface area contributed by atoms with Crippen molar-refractivity contribution < 1.29 is 9.53 Å². The molecule has 1 saturated carbocycles. The van der Waals surface area contributed by atoms with Crippen molar-refractivity contribution in [2.24, 2.45) is 11.8 Å². The molecule has 0 heterocycles. The summed E-state index contributed by atoms with van der Waals surface area (Å²) in [7, 11) is 0. The molecule has 0 amide bonds. The summed E-state index contributed by atoms with van der Waals surface area (Å²) in [5, 5.41) is 0. The van der Waals surface area contributed by atoms with E-state index in [4.69, 9.17) is 4.74 Å². The Bertz CT molecular complexity index is 181. The Hall–Kier alpha value is -0.370. The van der Waals surface area contributed by atoms with Crippen LogP contribution in [0, 0.1) is 11.8 Å². The molecule has 0 saturated heterocycles. The second kappa shape index (κ2) is 4.23. The molecule has 76 valence electrons. The maximum atomic E-state index is 11.7. The van der Waals surface area contributed by atoms with Gasteiger partial charge in [-0.25, -0.2) is 0 Å². The third kappa shape index (κ3) is 3.11. The Morgan fingerprint density at radius 1 is 1.23 bits per heavy atom. The zero-order valence-electron chi connectivity index (χ0n) is 9.04. The lowest BCUT2D eigenvalue weighted by atomic mass is 10.0. The molecular formula is C11H20O2. The van der Waals surface area contributed by atoms with Crippen LogP contribution in [0.3, 0.4) is 0 Å². The molecule has 0 radical (unpaired) electrons. The van der Waals surface area contributed by atoms with Gasteiger partial charge < -0.3 is 4.74 Å². The zero-order valence-corrected chi connectivity index (χ0v) is 9.04. The molecule has 1 atom stereocenters. The molecule has 1 aliphatic carbocycles. The topological polar surface area (TPSA) is 26.3 Å². The van der Waals surface area contributed by atoms with Crippen molar-refractivity contribution in [2.75, 3.05) is 0 Å². The van der Waals surface area contributed by atoms with E-state index >= 15 is 0 Å². The number of rotatable bonds is 5. The van der Waals surface area contributed by atoms with Gasteiger partial charge in [-0.2, -0.15) is 0 Å². The second-order valence-electron chi connectivity index (χ2n) is 4.50. The van der Waals surface area contributed by atoms with Crippen molar-refractivity contribution >= 4 is 5.78 Å². The van der Waals surface area contributed by atoms with Gasteiger partial charge in [0.15, 0.2) is 5.78 Å². The Labute approximate surface area is 80.7 Å². The van der Waals surface area contributed by atoms with Crippen molar-refractivity contribution in [3.8, 4) is 0 Å². The lowest BCUT2D eigenvalue weighted by Crippen LogP contribution is -2.32. The molecule has 2 heteroatoms. The van der Waals surface area contributed by atoms with Gasteiger partial charge in [0.1, 0.15) is 6.10 Å². The minimum atomic E-state index is -0.125. The summed E-state index contributed by atoms with van der Waals surface area (Å²) in [6.45, 7) is 7.87. The van der Waals surface area contributed by atoms with E-state index in [9.17, 15) is 4.79 Å². The van der Waals surface area contributed by atoms with Crippen LogP contribution < -0.4 is 0 Å². The van der Waals surface area contributed by atoms with Crippen molar-refractivity contribution in [1.82, 2.24) is 0 Å². The first-order valence-corrected chi connectivity index (χ1v) is 5.21. The fourth-order valence-corrected chi connectivity index (χ4v) is 1.43. The second-order valence-corrected chi connectivity index (χ2v) is 4.50. The maximum Gasteiger partial charge on any atom is 0.164 e. The third-order valence-electron chi connectivity index (χ3n) is 2.32. The number of carbonyl (C=O) groups is 1. The number of carbonyl (C=O) groups excluding carboxylic acids is 1. The van der Waals surface area contributed by atoms with E-state index < -0.39 is 0 Å². The first-order valence-electron chi connectivity index (χ1n) is 5.21. The van der Waals surface area contributed by atoms with E-state index in [0.29, 0.717) is 5.92 Å². The Morgan fingerprint density at radius 2 is 1.77 bits per heavy atom. The minimum absolute atomic E-state index is 0.101. The van der Waals surface area contributed by atoms with E-state index in [-0.39, 0.29) is 23.9 Å². The van der Waals surface area contributed by atoms with Gasteiger partial charge in [0.25, 0.3) is 0 Å². The summed E-state index contributed by atoms with van der Waals surface area (Å²) in [5.74, 6) is 0.887. The van der Waals surface area contributed by atoms with Crippen LogP contribution in [0.2, 0.25) is 0 Å². The van der Waals surface area contributed by atoms with Crippen LogP contribution in [0.25, 0.3) is 0 Å².